The van der Waals surface area contributed by atoms with E-state index in [1.807, 2.05) is 57.2 Å². The number of carbonyl (C=O) groups excluding carboxylic acids is 1. The van der Waals surface area contributed by atoms with Gasteiger partial charge in [0.15, 0.2) is 5.11 Å². The largest absolute Gasteiger partial charge is 0.327 e. The van der Waals surface area contributed by atoms with Gasteiger partial charge < -0.3 is 5.32 Å². The van der Waals surface area contributed by atoms with Gasteiger partial charge >= 0.3 is 0 Å². The zero-order chi connectivity index (χ0) is 15.9. The van der Waals surface area contributed by atoms with Crippen LogP contribution in [0.2, 0.25) is 0 Å². The van der Waals surface area contributed by atoms with Crippen LogP contribution in [0.3, 0.4) is 0 Å². The normalized spacial score (nSPS) is 16.5. The van der Waals surface area contributed by atoms with E-state index in [1.165, 1.54) is 4.88 Å². The average Bonchev–Trinajstić information content (AvgIpc) is 2.99. The number of amides is 1. The van der Waals surface area contributed by atoms with Crippen molar-refractivity contribution in [2.45, 2.75) is 20.8 Å². The minimum atomic E-state index is -0.107. The minimum absolute atomic E-state index is 0.107. The Kier molecular flexibility index (Phi) is 3.85. The molecule has 3 nitrogen and oxygen atoms in total. The highest BCUT2D eigenvalue weighted by atomic mass is 32.1. The highest BCUT2D eigenvalue weighted by Gasteiger charge is 2.32. The van der Waals surface area contributed by atoms with E-state index in [-0.39, 0.29) is 5.91 Å². The zero-order valence-corrected chi connectivity index (χ0v) is 14.3. The number of anilines is 1. The van der Waals surface area contributed by atoms with E-state index < -0.39 is 0 Å². The molecule has 3 rings (SSSR count). The predicted molar refractivity (Wildman–Crippen MR) is 96.2 cm³/mol. The summed E-state index contributed by atoms with van der Waals surface area (Å²) in [4.78, 5) is 16.5. The summed E-state index contributed by atoms with van der Waals surface area (Å²) in [5.74, 6) is -0.107. The van der Waals surface area contributed by atoms with Gasteiger partial charge in [0, 0.05) is 9.75 Å². The van der Waals surface area contributed by atoms with Crippen molar-refractivity contribution in [3.8, 4) is 0 Å². The number of thiophene rings is 1. The predicted octanol–water partition coefficient (Wildman–Crippen LogP) is 3.94. The van der Waals surface area contributed by atoms with E-state index in [0.29, 0.717) is 10.8 Å². The Labute approximate surface area is 139 Å². The first-order chi connectivity index (χ1) is 10.5. The molecule has 112 valence electrons. The molecule has 5 heteroatoms. The molecule has 0 bridgehead atoms. The highest BCUT2D eigenvalue weighted by molar-refractivity contribution is 7.80. The molecule has 1 aliphatic rings. The van der Waals surface area contributed by atoms with E-state index in [1.54, 1.807) is 16.2 Å². The lowest BCUT2D eigenvalue weighted by Crippen LogP contribution is -2.31. The summed E-state index contributed by atoms with van der Waals surface area (Å²) < 4.78 is 0. The van der Waals surface area contributed by atoms with Gasteiger partial charge in [-0.25, -0.2) is 0 Å². The number of thiocarbonyl (C=S) groups is 1. The summed E-state index contributed by atoms with van der Waals surface area (Å²) in [6.45, 7) is 6.08. The molecule has 1 aromatic carbocycles. The van der Waals surface area contributed by atoms with E-state index in [9.17, 15) is 4.79 Å². The molecule has 1 aliphatic heterocycles. The van der Waals surface area contributed by atoms with Gasteiger partial charge in [-0.3, -0.25) is 9.69 Å². The number of hydrogen-bond acceptors (Lipinski definition) is 3. The molecule has 2 aromatic rings. The molecular weight excluding hydrogens is 312 g/mol. The van der Waals surface area contributed by atoms with Gasteiger partial charge in [0.2, 0.25) is 0 Å². The number of hydrogen-bond donors (Lipinski definition) is 1. The molecule has 1 saturated heterocycles. The second-order valence-electron chi connectivity index (χ2n) is 5.30. The zero-order valence-electron chi connectivity index (χ0n) is 12.6. The topological polar surface area (TPSA) is 32.3 Å². The standard InChI is InChI=1S/C17H16N2OS2/c1-10-5-4-6-15(12(10)3)19-16(20)14(18-17(19)21)9-13-8-7-11(2)22-13/h4-9H,1-3H3,(H,18,21)/b14-9-. The fraction of sp³-hybridized carbons (Fsp3) is 0.176. The third-order valence-corrected chi connectivity index (χ3v) is 4.98. The van der Waals surface area contributed by atoms with Gasteiger partial charge in [0.1, 0.15) is 5.70 Å². The lowest BCUT2D eigenvalue weighted by Gasteiger charge is -2.17. The van der Waals surface area contributed by atoms with Crippen LogP contribution in [-0.4, -0.2) is 11.0 Å². The molecule has 0 saturated carbocycles. The van der Waals surface area contributed by atoms with E-state index in [0.717, 1.165) is 21.7 Å². The highest BCUT2D eigenvalue weighted by Crippen LogP contribution is 2.28. The Hall–Kier alpha value is -1.98. The summed E-state index contributed by atoms with van der Waals surface area (Å²) in [5.41, 5.74) is 3.56. The van der Waals surface area contributed by atoms with Gasteiger partial charge in [0.05, 0.1) is 5.69 Å². The van der Waals surface area contributed by atoms with Crippen molar-refractivity contribution in [3.05, 3.63) is 56.9 Å². The minimum Gasteiger partial charge on any atom is -0.327 e. The van der Waals surface area contributed by atoms with Gasteiger partial charge in [-0.1, -0.05) is 12.1 Å². The van der Waals surface area contributed by atoms with Crippen molar-refractivity contribution in [1.82, 2.24) is 5.32 Å². The molecule has 1 fully saturated rings. The Morgan fingerprint density at radius 2 is 1.95 bits per heavy atom. The van der Waals surface area contributed by atoms with Gasteiger partial charge in [-0.05, 0) is 68.4 Å². The molecule has 0 aliphatic carbocycles. The molecule has 0 radical (unpaired) electrons. The monoisotopic (exact) mass is 328 g/mol. The Morgan fingerprint density at radius 1 is 1.18 bits per heavy atom. The summed E-state index contributed by atoms with van der Waals surface area (Å²) >= 11 is 7.01. The van der Waals surface area contributed by atoms with Crippen molar-refractivity contribution in [2.75, 3.05) is 4.90 Å². The summed E-state index contributed by atoms with van der Waals surface area (Å²) in [5, 5.41) is 3.46. The number of nitrogens with one attached hydrogen (secondary N) is 1. The van der Waals surface area contributed by atoms with Crippen LogP contribution in [0.15, 0.2) is 36.0 Å². The van der Waals surface area contributed by atoms with Crippen molar-refractivity contribution in [3.63, 3.8) is 0 Å². The number of aryl methyl sites for hydroxylation is 2. The first kappa shape index (κ1) is 14.9. The quantitative estimate of drug-likeness (QED) is 0.669. The fourth-order valence-corrected chi connectivity index (χ4v) is 3.52. The number of nitrogens with zero attached hydrogens (tertiary/aromatic N) is 1. The first-order valence-corrected chi connectivity index (χ1v) is 8.19. The van der Waals surface area contributed by atoms with E-state index >= 15 is 0 Å². The molecule has 1 amide bonds. The first-order valence-electron chi connectivity index (χ1n) is 6.97. The van der Waals surface area contributed by atoms with Crippen LogP contribution >= 0.6 is 23.6 Å². The van der Waals surface area contributed by atoms with E-state index in [2.05, 4.69) is 5.32 Å². The molecule has 0 unspecified atom stereocenters. The average molecular weight is 328 g/mol. The number of carbonyl (C=O) groups is 1. The van der Waals surface area contributed by atoms with Crippen LogP contribution in [0.4, 0.5) is 5.69 Å². The number of rotatable bonds is 2. The maximum Gasteiger partial charge on any atom is 0.281 e. The summed E-state index contributed by atoms with van der Waals surface area (Å²) in [7, 11) is 0. The third-order valence-electron chi connectivity index (χ3n) is 3.74. The maximum atomic E-state index is 12.7. The molecule has 1 N–H and O–H groups in total. The van der Waals surface area contributed by atoms with Crippen LogP contribution in [0.1, 0.15) is 20.9 Å². The Morgan fingerprint density at radius 3 is 2.64 bits per heavy atom. The third kappa shape index (κ3) is 2.58. The van der Waals surface area contributed by atoms with Crippen molar-refractivity contribution >= 4 is 46.3 Å². The number of benzene rings is 1. The van der Waals surface area contributed by atoms with Crippen molar-refractivity contribution in [1.29, 1.82) is 0 Å². The molecule has 1 aromatic heterocycles. The second-order valence-corrected chi connectivity index (χ2v) is 7.00. The maximum absolute atomic E-state index is 12.7. The van der Waals surface area contributed by atoms with Crippen LogP contribution in [-0.2, 0) is 4.79 Å². The van der Waals surface area contributed by atoms with Gasteiger partial charge in [0.25, 0.3) is 5.91 Å². The molecular formula is C17H16N2OS2. The van der Waals surface area contributed by atoms with Gasteiger partial charge in [-0.2, -0.15) is 0 Å². The van der Waals surface area contributed by atoms with Crippen LogP contribution in [0.25, 0.3) is 6.08 Å². The lowest BCUT2D eigenvalue weighted by molar-refractivity contribution is -0.113. The Bertz CT molecular complexity index is 805. The molecule has 22 heavy (non-hydrogen) atoms. The summed E-state index contributed by atoms with van der Waals surface area (Å²) in [6, 6.07) is 9.94. The second kappa shape index (κ2) is 5.66. The van der Waals surface area contributed by atoms with E-state index in [4.69, 9.17) is 12.2 Å². The molecule has 0 spiro atoms. The SMILES string of the molecule is Cc1ccc(/C=C2\NC(=S)N(c3cccc(C)c3C)C2=O)s1. The summed E-state index contributed by atoms with van der Waals surface area (Å²) in [6.07, 6.45) is 1.86. The molecule has 0 atom stereocenters. The lowest BCUT2D eigenvalue weighted by atomic mass is 10.1. The van der Waals surface area contributed by atoms with Crippen molar-refractivity contribution < 1.29 is 4.79 Å². The van der Waals surface area contributed by atoms with Gasteiger partial charge in [-0.15, -0.1) is 11.3 Å². The molecule has 2 heterocycles. The fourth-order valence-electron chi connectivity index (χ4n) is 2.40. The van der Waals surface area contributed by atoms with Crippen LogP contribution < -0.4 is 10.2 Å². The van der Waals surface area contributed by atoms with Crippen LogP contribution in [0.5, 0.6) is 0 Å². The van der Waals surface area contributed by atoms with Crippen LogP contribution in [0, 0.1) is 20.8 Å². The van der Waals surface area contributed by atoms with Crippen molar-refractivity contribution in [2.24, 2.45) is 0 Å². The Balaban J connectivity index is 1.98. The smallest absolute Gasteiger partial charge is 0.281 e.